The molecule has 2 rings (SSSR count). The summed E-state index contributed by atoms with van der Waals surface area (Å²) in [7, 11) is 3.19. The van der Waals surface area contributed by atoms with Crippen LogP contribution in [0, 0.1) is 11.3 Å². The average Bonchev–Trinajstić information content (AvgIpc) is 2.66. The highest BCUT2D eigenvalue weighted by molar-refractivity contribution is 5.49. The number of hydrogen-bond acceptors (Lipinski definition) is 5. The molecule has 0 saturated heterocycles. The third kappa shape index (κ3) is 3.88. The standard InChI is InChI=1S/C20H20N2O3/c1-15(22-14-23)12-20(13-21,16-4-8-18(24-2)9-5-16)17-6-10-19(25-3)11-7-17/h4-11,15H,12H2,1-3H3. The van der Waals surface area contributed by atoms with Crippen molar-refractivity contribution in [2.75, 3.05) is 14.2 Å². The quantitative estimate of drug-likeness (QED) is 0.572. The number of ether oxygens (including phenoxy) is 2. The Bertz CT molecular complexity index is 738. The molecule has 0 aliphatic carbocycles. The molecule has 0 heterocycles. The fraction of sp³-hybridized carbons (Fsp3) is 0.300. The number of hydrogen-bond donors (Lipinski definition) is 0. The van der Waals surface area contributed by atoms with E-state index < -0.39 is 5.41 Å². The van der Waals surface area contributed by atoms with Gasteiger partial charge in [-0.05, 0) is 48.7 Å². The molecular weight excluding hydrogens is 316 g/mol. The van der Waals surface area contributed by atoms with Gasteiger partial charge in [-0.2, -0.15) is 5.26 Å². The average molecular weight is 336 g/mol. The van der Waals surface area contributed by atoms with Crippen LogP contribution < -0.4 is 9.47 Å². The number of nitriles is 1. The Hall–Kier alpha value is -3.09. The van der Waals surface area contributed by atoms with E-state index in [0.29, 0.717) is 17.9 Å². The molecule has 0 aliphatic heterocycles. The summed E-state index contributed by atoms with van der Waals surface area (Å²) in [6.45, 7) is 1.80. The van der Waals surface area contributed by atoms with E-state index >= 15 is 0 Å². The second-order valence-electron chi connectivity index (χ2n) is 5.75. The predicted molar refractivity (Wildman–Crippen MR) is 94.6 cm³/mol. The normalized spacial score (nSPS) is 11.8. The summed E-state index contributed by atoms with van der Waals surface area (Å²) >= 11 is 0. The first kappa shape index (κ1) is 18.3. The Morgan fingerprint density at radius 1 is 1.00 bits per heavy atom. The van der Waals surface area contributed by atoms with Crippen molar-refractivity contribution in [3.63, 3.8) is 0 Å². The van der Waals surface area contributed by atoms with E-state index in [2.05, 4.69) is 11.1 Å². The summed E-state index contributed by atoms with van der Waals surface area (Å²) in [6, 6.07) is 16.8. The van der Waals surface area contributed by atoms with Crippen LogP contribution in [0.1, 0.15) is 24.5 Å². The molecule has 0 N–H and O–H groups in total. The number of nitrogens with zero attached hydrogens (tertiary/aromatic N) is 2. The zero-order chi connectivity index (χ0) is 18.3. The molecule has 128 valence electrons. The summed E-state index contributed by atoms with van der Waals surface area (Å²) in [6.07, 6.45) is 1.94. The highest BCUT2D eigenvalue weighted by atomic mass is 16.5. The minimum atomic E-state index is -0.946. The number of aliphatic imine (C=N–C) groups is 1. The maximum absolute atomic E-state index is 10.6. The lowest BCUT2D eigenvalue weighted by Gasteiger charge is -2.29. The van der Waals surface area contributed by atoms with Crippen LogP contribution in [0.15, 0.2) is 53.5 Å². The molecule has 5 nitrogen and oxygen atoms in total. The lowest BCUT2D eigenvalue weighted by atomic mass is 9.71. The first-order valence-electron chi connectivity index (χ1n) is 7.87. The molecule has 5 heteroatoms. The molecule has 0 bridgehead atoms. The van der Waals surface area contributed by atoms with Crippen molar-refractivity contribution in [2.45, 2.75) is 24.8 Å². The first-order valence-corrected chi connectivity index (χ1v) is 7.87. The summed E-state index contributed by atoms with van der Waals surface area (Å²) in [5.41, 5.74) is 0.682. The van der Waals surface area contributed by atoms with Gasteiger partial charge in [0.05, 0.1) is 26.3 Å². The van der Waals surface area contributed by atoms with Gasteiger partial charge in [0, 0.05) is 0 Å². The Morgan fingerprint density at radius 2 is 1.44 bits per heavy atom. The molecular formula is C20H20N2O3. The van der Waals surface area contributed by atoms with Crippen LogP contribution in [0.2, 0.25) is 0 Å². The molecule has 0 amide bonds. The molecule has 0 saturated carbocycles. The number of benzene rings is 2. The van der Waals surface area contributed by atoms with Gasteiger partial charge in [-0.3, -0.25) is 0 Å². The minimum Gasteiger partial charge on any atom is -0.497 e. The van der Waals surface area contributed by atoms with E-state index in [1.807, 2.05) is 48.5 Å². The SMILES string of the molecule is COc1ccc(C(C#N)(CC(C)N=C=O)c2ccc(OC)cc2)cc1. The predicted octanol–water partition coefficient (Wildman–Crippen LogP) is 3.63. The van der Waals surface area contributed by atoms with E-state index in [9.17, 15) is 10.1 Å². The summed E-state index contributed by atoms with van der Waals surface area (Å²) in [5.74, 6) is 1.42. The Kier molecular flexibility index (Phi) is 5.94. The molecule has 0 aliphatic rings. The number of rotatable bonds is 7. The largest absolute Gasteiger partial charge is 0.497 e. The van der Waals surface area contributed by atoms with Gasteiger partial charge in [0.25, 0.3) is 0 Å². The highest BCUT2D eigenvalue weighted by Crippen LogP contribution is 2.38. The van der Waals surface area contributed by atoms with Gasteiger partial charge in [0.2, 0.25) is 6.08 Å². The van der Waals surface area contributed by atoms with Crippen LogP contribution in [0.4, 0.5) is 0 Å². The van der Waals surface area contributed by atoms with Gasteiger partial charge < -0.3 is 9.47 Å². The molecule has 0 spiro atoms. The van der Waals surface area contributed by atoms with E-state index in [1.54, 1.807) is 27.2 Å². The molecule has 25 heavy (non-hydrogen) atoms. The maximum Gasteiger partial charge on any atom is 0.235 e. The van der Waals surface area contributed by atoms with Crippen LogP contribution in [-0.2, 0) is 10.2 Å². The fourth-order valence-electron chi connectivity index (χ4n) is 2.91. The maximum atomic E-state index is 10.6. The number of methoxy groups -OCH3 is 2. The third-order valence-corrected chi connectivity index (χ3v) is 4.23. The van der Waals surface area contributed by atoms with Crippen LogP contribution in [0.5, 0.6) is 11.5 Å². The third-order valence-electron chi connectivity index (χ3n) is 4.23. The molecule has 2 aromatic carbocycles. The molecule has 0 aromatic heterocycles. The molecule has 0 radical (unpaired) electrons. The lowest BCUT2D eigenvalue weighted by Crippen LogP contribution is -2.29. The second kappa shape index (κ2) is 8.14. The molecule has 1 unspecified atom stereocenters. The van der Waals surface area contributed by atoms with Gasteiger partial charge in [-0.1, -0.05) is 24.3 Å². The van der Waals surface area contributed by atoms with Crippen molar-refractivity contribution in [1.82, 2.24) is 0 Å². The van der Waals surface area contributed by atoms with Crippen LogP contribution in [-0.4, -0.2) is 26.3 Å². The van der Waals surface area contributed by atoms with Gasteiger partial charge in [0.1, 0.15) is 16.9 Å². The van der Waals surface area contributed by atoms with Crippen molar-refractivity contribution in [1.29, 1.82) is 5.26 Å². The molecule has 1 atom stereocenters. The lowest BCUT2D eigenvalue weighted by molar-refractivity contribution is 0.413. The first-order chi connectivity index (χ1) is 12.1. The number of isocyanates is 1. The molecule has 2 aromatic rings. The Morgan fingerprint density at radius 3 is 1.76 bits per heavy atom. The van der Waals surface area contributed by atoms with Gasteiger partial charge in [-0.25, -0.2) is 9.79 Å². The minimum absolute atomic E-state index is 0.346. The zero-order valence-electron chi connectivity index (χ0n) is 14.5. The van der Waals surface area contributed by atoms with Crippen LogP contribution in [0.25, 0.3) is 0 Å². The van der Waals surface area contributed by atoms with Gasteiger partial charge in [-0.15, -0.1) is 0 Å². The van der Waals surface area contributed by atoms with Crippen molar-refractivity contribution in [2.24, 2.45) is 4.99 Å². The van der Waals surface area contributed by atoms with Crippen molar-refractivity contribution < 1.29 is 14.3 Å². The number of carbonyl (C=O) groups excluding carboxylic acids is 1. The monoisotopic (exact) mass is 336 g/mol. The zero-order valence-corrected chi connectivity index (χ0v) is 14.5. The van der Waals surface area contributed by atoms with Crippen molar-refractivity contribution in [3.05, 3.63) is 59.7 Å². The topological polar surface area (TPSA) is 71.7 Å². The van der Waals surface area contributed by atoms with E-state index in [4.69, 9.17) is 9.47 Å². The van der Waals surface area contributed by atoms with E-state index in [0.717, 1.165) is 11.1 Å². The van der Waals surface area contributed by atoms with Gasteiger partial charge >= 0.3 is 0 Å². The Balaban J connectivity index is 2.58. The van der Waals surface area contributed by atoms with E-state index in [1.165, 1.54) is 0 Å². The van der Waals surface area contributed by atoms with Crippen molar-refractivity contribution in [3.8, 4) is 17.6 Å². The van der Waals surface area contributed by atoms with Crippen LogP contribution >= 0.6 is 0 Å². The van der Waals surface area contributed by atoms with Crippen molar-refractivity contribution >= 4 is 6.08 Å². The second-order valence-corrected chi connectivity index (χ2v) is 5.75. The highest BCUT2D eigenvalue weighted by Gasteiger charge is 2.36. The van der Waals surface area contributed by atoms with Gasteiger partial charge in [0.15, 0.2) is 0 Å². The summed E-state index contributed by atoms with van der Waals surface area (Å²) in [4.78, 5) is 14.4. The molecule has 0 fully saturated rings. The fourth-order valence-corrected chi connectivity index (χ4v) is 2.91. The van der Waals surface area contributed by atoms with Crippen LogP contribution in [0.3, 0.4) is 0 Å². The summed E-state index contributed by atoms with van der Waals surface area (Å²) in [5, 5.41) is 10.1. The summed E-state index contributed by atoms with van der Waals surface area (Å²) < 4.78 is 10.4. The smallest absolute Gasteiger partial charge is 0.235 e. The Labute approximate surface area is 147 Å². The van der Waals surface area contributed by atoms with E-state index in [-0.39, 0.29) is 6.04 Å².